The minimum absolute atomic E-state index is 0.0385. The predicted octanol–water partition coefficient (Wildman–Crippen LogP) is 2.77. The molecule has 0 aromatic carbocycles. The summed E-state index contributed by atoms with van der Waals surface area (Å²) in [6, 6.07) is 4.37. The number of amides is 3. The van der Waals surface area contributed by atoms with Crippen LogP contribution in [-0.4, -0.2) is 85.9 Å². The molecule has 0 spiro atoms. The first kappa shape index (κ1) is 34.8. The lowest BCUT2D eigenvalue weighted by molar-refractivity contribution is -0.129. The van der Waals surface area contributed by atoms with Gasteiger partial charge in [0.05, 0.1) is 38.1 Å². The molecule has 0 radical (unpaired) electrons. The number of rotatable bonds is 16. The molecule has 4 heterocycles. The van der Waals surface area contributed by atoms with E-state index in [-0.39, 0.29) is 41.6 Å². The second-order valence-electron chi connectivity index (χ2n) is 12.4. The number of nitrogens with zero attached hydrogens (tertiary/aromatic N) is 3. The fourth-order valence-corrected chi connectivity index (χ4v) is 6.34. The third-order valence-corrected chi connectivity index (χ3v) is 8.97. The van der Waals surface area contributed by atoms with E-state index in [1.807, 2.05) is 30.4 Å². The standard InChI is InChI=1S/C36H47N7O5/c1-4-43-32(39-21-27(36(43)46)20-38-23-29-12-15-34(45)41-29)9-7-5-6-8-24-16-26(18-30(17-24)47-2)31-13-10-25(35(42-31)48-3)19-37-22-28-11-14-33(44)40-28/h4-7,9-10,13,16-17,26-29,37-38H,1,8,11-12,14-15,18-23H2,2-3H3,(H,40,44)(H,41,45)/b6-5+,9-7+/t26?,27?,28-,29-/m0/s1. The van der Waals surface area contributed by atoms with Gasteiger partial charge in [-0.2, -0.15) is 0 Å². The lowest BCUT2D eigenvalue weighted by Gasteiger charge is -2.28. The van der Waals surface area contributed by atoms with Crippen LogP contribution in [0.2, 0.25) is 0 Å². The number of carbonyl (C=O) groups excluding carboxylic acids is 3. The lowest BCUT2D eigenvalue weighted by Crippen LogP contribution is -2.46. The molecule has 5 rings (SSSR count). The molecule has 3 aliphatic heterocycles. The molecule has 1 aromatic rings. The number of aromatic nitrogens is 1. The van der Waals surface area contributed by atoms with Gasteiger partial charge in [0.1, 0.15) is 5.84 Å². The van der Waals surface area contributed by atoms with Crippen LogP contribution in [0.25, 0.3) is 0 Å². The van der Waals surface area contributed by atoms with Gasteiger partial charge >= 0.3 is 0 Å². The van der Waals surface area contributed by atoms with Crippen LogP contribution in [0, 0.1) is 5.92 Å². The Morgan fingerprint density at radius 1 is 1.00 bits per heavy atom. The van der Waals surface area contributed by atoms with Gasteiger partial charge in [-0.15, -0.1) is 0 Å². The molecule has 2 unspecified atom stereocenters. The van der Waals surface area contributed by atoms with Gasteiger partial charge in [0.15, 0.2) is 0 Å². The monoisotopic (exact) mass is 657 g/mol. The van der Waals surface area contributed by atoms with Gasteiger partial charge < -0.3 is 30.7 Å². The highest BCUT2D eigenvalue weighted by Gasteiger charge is 2.30. The van der Waals surface area contributed by atoms with Crippen LogP contribution in [0.5, 0.6) is 5.88 Å². The molecule has 2 saturated heterocycles. The van der Waals surface area contributed by atoms with Gasteiger partial charge in [-0.25, -0.2) is 4.98 Å². The van der Waals surface area contributed by atoms with Crippen molar-refractivity contribution in [1.29, 1.82) is 0 Å². The maximum Gasteiger partial charge on any atom is 0.238 e. The molecule has 0 bridgehead atoms. The summed E-state index contributed by atoms with van der Waals surface area (Å²) in [6.07, 6.45) is 17.7. The van der Waals surface area contributed by atoms with Crippen molar-refractivity contribution in [3.63, 3.8) is 0 Å². The first-order valence-electron chi connectivity index (χ1n) is 16.7. The Balaban J connectivity index is 1.14. The molecule has 12 heteroatoms. The quantitative estimate of drug-likeness (QED) is 0.199. The Labute approximate surface area is 282 Å². The molecular weight excluding hydrogens is 610 g/mol. The van der Waals surface area contributed by atoms with Crippen LogP contribution in [-0.2, 0) is 25.7 Å². The molecule has 4 atom stereocenters. The van der Waals surface area contributed by atoms with Gasteiger partial charge in [0.2, 0.25) is 23.6 Å². The molecule has 256 valence electrons. The average molecular weight is 658 g/mol. The van der Waals surface area contributed by atoms with E-state index >= 15 is 0 Å². The summed E-state index contributed by atoms with van der Waals surface area (Å²) < 4.78 is 11.3. The molecule has 4 aliphatic rings. The van der Waals surface area contributed by atoms with Crippen LogP contribution in [0.1, 0.15) is 55.7 Å². The third-order valence-electron chi connectivity index (χ3n) is 8.97. The fraction of sp³-hybridized carbons (Fsp3) is 0.472. The number of carbonyl (C=O) groups is 3. The lowest BCUT2D eigenvalue weighted by atomic mass is 9.90. The van der Waals surface area contributed by atoms with E-state index in [9.17, 15) is 14.4 Å². The van der Waals surface area contributed by atoms with E-state index in [4.69, 9.17) is 14.5 Å². The van der Waals surface area contributed by atoms with E-state index in [1.165, 1.54) is 11.1 Å². The van der Waals surface area contributed by atoms with Crippen molar-refractivity contribution in [2.75, 3.05) is 40.4 Å². The normalized spacial score (nSPS) is 24.4. The van der Waals surface area contributed by atoms with E-state index in [0.717, 1.165) is 35.4 Å². The van der Waals surface area contributed by atoms with Crippen LogP contribution < -0.4 is 26.0 Å². The van der Waals surface area contributed by atoms with E-state index in [1.54, 1.807) is 14.2 Å². The Morgan fingerprint density at radius 3 is 2.42 bits per heavy atom. The van der Waals surface area contributed by atoms with Crippen LogP contribution in [0.4, 0.5) is 0 Å². The molecule has 2 fully saturated rings. The summed E-state index contributed by atoms with van der Waals surface area (Å²) in [5.74, 6) is 1.94. The maximum absolute atomic E-state index is 13.1. The highest BCUT2D eigenvalue weighted by atomic mass is 16.5. The van der Waals surface area contributed by atoms with E-state index < -0.39 is 0 Å². The minimum Gasteiger partial charge on any atom is -0.501 e. The molecule has 12 nitrogen and oxygen atoms in total. The number of amidine groups is 1. The number of methoxy groups -OCH3 is 2. The smallest absolute Gasteiger partial charge is 0.238 e. The highest BCUT2D eigenvalue weighted by molar-refractivity contribution is 6.07. The third kappa shape index (κ3) is 9.29. The summed E-state index contributed by atoms with van der Waals surface area (Å²) in [6.45, 7) is 6.65. The van der Waals surface area contributed by atoms with Crippen LogP contribution in [0.15, 0.2) is 77.7 Å². The van der Waals surface area contributed by atoms with E-state index in [2.05, 4.69) is 51.1 Å². The molecule has 3 amide bonds. The minimum atomic E-state index is -0.282. The number of ether oxygens (including phenoxy) is 2. The molecule has 1 aromatic heterocycles. The Bertz CT molecular complexity index is 1510. The second-order valence-corrected chi connectivity index (χ2v) is 12.4. The zero-order chi connectivity index (χ0) is 33.9. The predicted molar refractivity (Wildman–Crippen MR) is 184 cm³/mol. The summed E-state index contributed by atoms with van der Waals surface area (Å²) in [5.41, 5.74) is 2.99. The largest absolute Gasteiger partial charge is 0.501 e. The summed E-state index contributed by atoms with van der Waals surface area (Å²) in [4.78, 5) is 46.9. The van der Waals surface area contributed by atoms with Crippen molar-refractivity contribution in [3.05, 3.63) is 84.0 Å². The van der Waals surface area contributed by atoms with Gasteiger partial charge in [0.25, 0.3) is 0 Å². The van der Waals surface area contributed by atoms with Crippen molar-refractivity contribution in [2.45, 2.75) is 63.1 Å². The zero-order valence-corrected chi connectivity index (χ0v) is 27.9. The molecule has 0 saturated carbocycles. The molecule has 48 heavy (non-hydrogen) atoms. The Morgan fingerprint density at radius 2 is 1.75 bits per heavy atom. The van der Waals surface area contributed by atoms with Gasteiger partial charge in [-0.3, -0.25) is 24.3 Å². The number of aliphatic imine (C=N–C) groups is 1. The molecule has 4 N–H and O–H groups in total. The van der Waals surface area contributed by atoms with Crippen molar-refractivity contribution in [3.8, 4) is 5.88 Å². The van der Waals surface area contributed by atoms with Crippen molar-refractivity contribution in [2.24, 2.45) is 10.9 Å². The van der Waals surface area contributed by atoms with Crippen LogP contribution >= 0.6 is 0 Å². The number of nitrogens with one attached hydrogen (secondary N) is 4. The first-order chi connectivity index (χ1) is 23.4. The number of allylic oxidation sites excluding steroid dienone is 7. The topological polar surface area (TPSA) is 146 Å². The fourth-order valence-electron chi connectivity index (χ4n) is 6.34. The van der Waals surface area contributed by atoms with Crippen LogP contribution in [0.3, 0.4) is 0 Å². The highest BCUT2D eigenvalue weighted by Crippen LogP contribution is 2.33. The summed E-state index contributed by atoms with van der Waals surface area (Å²) in [5, 5.41) is 12.6. The summed E-state index contributed by atoms with van der Waals surface area (Å²) in [7, 11) is 3.32. The Kier molecular flexibility index (Phi) is 12.3. The number of hydrogen-bond acceptors (Lipinski definition) is 9. The molecular formula is C36H47N7O5. The average Bonchev–Trinajstić information content (AvgIpc) is 3.72. The zero-order valence-electron chi connectivity index (χ0n) is 27.9. The number of pyridine rings is 1. The van der Waals surface area contributed by atoms with Gasteiger partial charge in [-0.1, -0.05) is 36.9 Å². The Hall–Kier alpha value is -4.55. The molecule has 1 aliphatic carbocycles. The SMILES string of the molecule is C=CN1C(=O)C(CNC[C@@H]2CCC(=O)N2)CN=C1/C=C/C=C/CC1=CC(c2ccc(CNC[C@@H]3CCC(=O)N3)c(OC)n2)CC(OC)=C1. The van der Waals surface area contributed by atoms with Crippen molar-refractivity contribution >= 4 is 23.6 Å². The second kappa shape index (κ2) is 17.0. The van der Waals surface area contributed by atoms with Gasteiger partial charge in [0, 0.05) is 75.2 Å². The summed E-state index contributed by atoms with van der Waals surface area (Å²) >= 11 is 0. The first-order valence-corrected chi connectivity index (χ1v) is 16.7. The maximum atomic E-state index is 13.1. The van der Waals surface area contributed by atoms with E-state index in [0.29, 0.717) is 70.1 Å². The van der Waals surface area contributed by atoms with Crippen molar-refractivity contribution in [1.82, 2.24) is 31.2 Å². The number of hydrogen-bond donors (Lipinski definition) is 4. The van der Waals surface area contributed by atoms with Crippen molar-refractivity contribution < 1.29 is 23.9 Å². The van der Waals surface area contributed by atoms with Gasteiger partial charge in [-0.05, 0) is 43.1 Å².